The summed E-state index contributed by atoms with van der Waals surface area (Å²) in [5.41, 5.74) is -0.335. The number of amides is 1. The number of hydrogen-bond donors (Lipinski definition) is 1. The molecule has 0 fully saturated rings. The first-order valence-electron chi connectivity index (χ1n) is 6.14. The zero-order valence-electron chi connectivity index (χ0n) is 11.7. The minimum atomic E-state index is -4.49. The van der Waals surface area contributed by atoms with Crippen molar-refractivity contribution < 1.29 is 22.4 Å². The average Bonchev–Trinajstić information content (AvgIpc) is 2.84. The van der Waals surface area contributed by atoms with Gasteiger partial charge in [0.2, 0.25) is 0 Å². The van der Waals surface area contributed by atoms with Crippen molar-refractivity contribution in [3.63, 3.8) is 0 Å². The van der Waals surface area contributed by atoms with Crippen molar-refractivity contribution in [1.29, 1.82) is 0 Å². The van der Waals surface area contributed by atoms with E-state index in [0.717, 1.165) is 12.1 Å². The van der Waals surface area contributed by atoms with Gasteiger partial charge in [-0.2, -0.15) is 13.2 Å². The molecule has 118 valence electrons. The predicted octanol–water partition coefficient (Wildman–Crippen LogP) is 4.38. The second-order valence-electron chi connectivity index (χ2n) is 4.68. The van der Waals surface area contributed by atoms with Crippen LogP contribution in [0.4, 0.5) is 24.5 Å². The van der Waals surface area contributed by atoms with Crippen LogP contribution in [-0.4, -0.2) is 20.0 Å². The fourth-order valence-corrected chi connectivity index (χ4v) is 2.13. The molecule has 0 radical (unpaired) electrons. The van der Waals surface area contributed by atoms with Crippen LogP contribution in [0.5, 0.6) is 0 Å². The van der Waals surface area contributed by atoms with Crippen LogP contribution in [-0.2, 0) is 6.18 Å². The Morgan fingerprint density at radius 3 is 2.41 bits per heavy atom. The SMILES string of the molecule is CN(C)c1ccc(C(F)(F)F)cc1NC(=O)c1ccc(Br)o1. The molecule has 0 aliphatic rings. The lowest BCUT2D eigenvalue weighted by molar-refractivity contribution is -0.137. The number of carbonyl (C=O) groups is 1. The quantitative estimate of drug-likeness (QED) is 0.864. The molecule has 2 aromatic rings. The Bertz CT molecular complexity index is 696. The van der Waals surface area contributed by atoms with Crippen molar-refractivity contribution >= 4 is 33.2 Å². The number of halogens is 4. The normalized spacial score (nSPS) is 11.4. The molecule has 0 spiro atoms. The highest BCUT2D eigenvalue weighted by Crippen LogP contribution is 2.35. The van der Waals surface area contributed by atoms with E-state index >= 15 is 0 Å². The first kappa shape index (κ1) is 16.4. The number of nitrogens with zero attached hydrogens (tertiary/aromatic N) is 1. The third-order valence-corrected chi connectivity index (χ3v) is 3.28. The third-order valence-electron chi connectivity index (χ3n) is 2.85. The van der Waals surface area contributed by atoms with Gasteiger partial charge in [-0.05, 0) is 46.3 Å². The number of hydrogen-bond acceptors (Lipinski definition) is 3. The summed E-state index contributed by atoms with van der Waals surface area (Å²) >= 11 is 3.06. The molecule has 0 aliphatic carbocycles. The first-order valence-corrected chi connectivity index (χ1v) is 6.93. The van der Waals surface area contributed by atoms with Crippen LogP contribution in [0, 0.1) is 0 Å². The molecule has 0 saturated carbocycles. The summed E-state index contributed by atoms with van der Waals surface area (Å²) in [4.78, 5) is 13.6. The van der Waals surface area contributed by atoms with Crippen molar-refractivity contribution in [3.8, 4) is 0 Å². The number of benzene rings is 1. The number of nitrogens with one attached hydrogen (secondary N) is 1. The molecule has 0 saturated heterocycles. The highest BCUT2D eigenvalue weighted by Gasteiger charge is 2.31. The molecule has 22 heavy (non-hydrogen) atoms. The van der Waals surface area contributed by atoms with E-state index in [-0.39, 0.29) is 11.4 Å². The van der Waals surface area contributed by atoms with E-state index in [1.807, 2.05) is 0 Å². The fourth-order valence-electron chi connectivity index (χ4n) is 1.82. The summed E-state index contributed by atoms with van der Waals surface area (Å²) < 4.78 is 43.9. The van der Waals surface area contributed by atoms with E-state index < -0.39 is 17.6 Å². The minimum absolute atomic E-state index is 0.00556. The van der Waals surface area contributed by atoms with Crippen molar-refractivity contribution in [1.82, 2.24) is 0 Å². The lowest BCUT2D eigenvalue weighted by Crippen LogP contribution is -2.17. The van der Waals surface area contributed by atoms with Crippen molar-refractivity contribution in [2.75, 3.05) is 24.3 Å². The van der Waals surface area contributed by atoms with Gasteiger partial charge >= 0.3 is 6.18 Å². The minimum Gasteiger partial charge on any atom is -0.444 e. The van der Waals surface area contributed by atoms with E-state index in [4.69, 9.17) is 4.42 Å². The van der Waals surface area contributed by atoms with Crippen LogP contribution in [0.25, 0.3) is 0 Å². The molecule has 1 N–H and O–H groups in total. The van der Waals surface area contributed by atoms with E-state index in [0.29, 0.717) is 10.4 Å². The van der Waals surface area contributed by atoms with Crippen LogP contribution >= 0.6 is 15.9 Å². The molecule has 0 atom stereocenters. The molecular formula is C14H12BrF3N2O2. The summed E-state index contributed by atoms with van der Waals surface area (Å²) in [6.07, 6.45) is -4.49. The van der Waals surface area contributed by atoms with Gasteiger partial charge in [-0.25, -0.2) is 0 Å². The topological polar surface area (TPSA) is 45.5 Å². The summed E-state index contributed by atoms with van der Waals surface area (Å²) in [6, 6.07) is 6.10. The van der Waals surface area contributed by atoms with Crippen LogP contribution in [0.2, 0.25) is 0 Å². The van der Waals surface area contributed by atoms with Crippen molar-refractivity contribution in [2.45, 2.75) is 6.18 Å². The van der Waals surface area contributed by atoms with Crippen molar-refractivity contribution in [2.24, 2.45) is 0 Å². The van der Waals surface area contributed by atoms with Gasteiger partial charge in [-0.3, -0.25) is 4.79 Å². The predicted molar refractivity (Wildman–Crippen MR) is 80.1 cm³/mol. The summed E-state index contributed by atoms with van der Waals surface area (Å²) in [7, 11) is 3.34. The maximum atomic E-state index is 12.8. The van der Waals surface area contributed by atoms with Gasteiger partial charge in [-0.15, -0.1) is 0 Å². The maximum absolute atomic E-state index is 12.8. The zero-order valence-corrected chi connectivity index (χ0v) is 13.2. The van der Waals surface area contributed by atoms with Gasteiger partial charge in [0.15, 0.2) is 10.4 Å². The molecule has 4 nitrogen and oxygen atoms in total. The molecule has 1 heterocycles. The van der Waals surface area contributed by atoms with Crippen molar-refractivity contribution in [3.05, 3.63) is 46.3 Å². The zero-order chi connectivity index (χ0) is 16.5. The summed E-state index contributed by atoms with van der Waals surface area (Å²) in [5, 5.41) is 2.44. The molecule has 1 aromatic carbocycles. The largest absolute Gasteiger partial charge is 0.444 e. The summed E-state index contributed by atoms with van der Waals surface area (Å²) in [5.74, 6) is -0.637. The lowest BCUT2D eigenvalue weighted by Gasteiger charge is -2.19. The Balaban J connectivity index is 2.37. The first-order chi connectivity index (χ1) is 10.2. The Morgan fingerprint density at radius 2 is 1.91 bits per heavy atom. The standard InChI is InChI=1S/C14H12BrF3N2O2/c1-20(2)10-4-3-8(14(16,17)18)7-9(10)19-13(21)11-5-6-12(15)22-11/h3-7H,1-2H3,(H,19,21). The molecule has 2 rings (SSSR count). The van der Waals surface area contributed by atoms with Crippen LogP contribution in [0.3, 0.4) is 0 Å². The van der Waals surface area contributed by atoms with E-state index in [1.54, 1.807) is 19.0 Å². The third kappa shape index (κ3) is 3.62. The van der Waals surface area contributed by atoms with E-state index in [9.17, 15) is 18.0 Å². The van der Waals surface area contributed by atoms with Gasteiger partial charge in [0.25, 0.3) is 5.91 Å². The molecule has 0 bridgehead atoms. The van der Waals surface area contributed by atoms with Gasteiger partial charge in [-0.1, -0.05) is 0 Å². The fraction of sp³-hybridized carbons (Fsp3) is 0.214. The summed E-state index contributed by atoms with van der Waals surface area (Å²) in [6.45, 7) is 0. The van der Waals surface area contributed by atoms with Gasteiger partial charge < -0.3 is 14.6 Å². The number of furan rings is 1. The molecule has 8 heteroatoms. The van der Waals surface area contributed by atoms with Crippen LogP contribution < -0.4 is 10.2 Å². The van der Waals surface area contributed by atoms with Crippen LogP contribution in [0.15, 0.2) is 39.4 Å². The van der Waals surface area contributed by atoms with Gasteiger partial charge in [0.05, 0.1) is 16.9 Å². The highest BCUT2D eigenvalue weighted by atomic mass is 79.9. The van der Waals surface area contributed by atoms with Crippen LogP contribution in [0.1, 0.15) is 16.1 Å². The molecular weight excluding hydrogens is 365 g/mol. The Morgan fingerprint density at radius 1 is 1.23 bits per heavy atom. The average molecular weight is 377 g/mol. The Kier molecular flexibility index (Phi) is 4.50. The monoisotopic (exact) mass is 376 g/mol. The number of carbonyl (C=O) groups excluding carboxylic acids is 1. The Labute approximate surface area is 133 Å². The maximum Gasteiger partial charge on any atom is 0.416 e. The smallest absolute Gasteiger partial charge is 0.416 e. The highest BCUT2D eigenvalue weighted by molar-refractivity contribution is 9.10. The molecule has 0 unspecified atom stereocenters. The molecule has 0 aliphatic heterocycles. The Hall–Kier alpha value is -1.96. The number of rotatable bonds is 3. The van der Waals surface area contributed by atoms with E-state index in [1.165, 1.54) is 18.2 Å². The number of alkyl halides is 3. The second kappa shape index (κ2) is 6.04. The second-order valence-corrected chi connectivity index (χ2v) is 5.46. The van der Waals surface area contributed by atoms with Gasteiger partial charge in [0, 0.05) is 14.1 Å². The molecule has 1 aromatic heterocycles. The van der Waals surface area contributed by atoms with E-state index in [2.05, 4.69) is 21.2 Å². The number of anilines is 2. The molecule has 1 amide bonds. The lowest BCUT2D eigenvalue weighted by atomic mass is 10.1. The van der Waals surface area contributed by atoms with Gasteiger partial charge in [0.1, 0.15) is 0 Å².